The van der Waals surface area contributed by atoms with Crippen molar-refractivity contribution in [2.45, 2.75) is 107 Å². The van der Waals surface area contributed by atoms with Crippen LogP contribution in [-0.2, 0) is 55.4 Å². The number of ketones is 3. The number of rotatable bonds is 27. The van der Waals surface area contributed by atoms with Gasteiger partial charge in [0.2, 0.25) is 17.3 Å². The number of nitrogens with two attached hydrogens (primary N) is 5. The minimum atomic E-state index is -4.19. The Kier molecular flexibility index (Phi) is 28.2. The van der Waals surface area contributed by atoms with Crippen molar-refractivity contribution in [1.82, 2.24) is 34.9 Å². The molecule has 9 aromatic rings. The molecule has 109 heavy (non-hydrogen) atoms. The van der Waals surface area contributed by atoms with Crippen molar-refractivity contribution in [1.29, 1.82) is 0 Å². The molecule has 3 fully saturated rings. The number of halogens is 4. The van der Waals surface area contributed by atoms with E-state index >= 15 is 0 Å². The number of aryl methyl sites for hydroxylation is 1. The van der Waals surface area contributed by atoms with Crippen molar-refractivity contribution in [3.63, 3.8) is 0 Å². The van der Waals surface area contributed by atoms with Gasteiger partial charge in [-0.25, -0.2) is 50.3 Å². The first kappa shape index (κ1) is 84.7. The Labute approximate surface area is 661 Å². The molecule has 13 atom stereocenters. The second-order valence-corrected chi connectivity index (χ2v) is 35.4. The van der Waals surface area contributed by atoms with Gasteiger partial charge in [0.1, 0.15) is 41.3 Å². The predicted octanol–water partition coefficient (Wildman–Crippen LogP) is 6.75. The van der Waals surface area contributed by atoms with Crippen LogP contribution in [0.5, 0.6) is 0 Å². The topological polar surface area (TPSA) is 527 Å². The SMILES string of the molecule is CC(N)(c1cccc(Cl)c1)c1csc(C(=O)c2cncnc2N[C@@H]2C[C@H](COS(N)(=O)=O)[C@@H](O)C2)c1.Cc1sc(C(=O)c2cncnc2N[C@@H]2C[C@H](COS(N)(=O)=O)[C@@H](O)C2)cc1C(O)c1cccc(Cl)c1.NC(c1cccc(Br)n1)c1cc(C(=O)c2cncnc2C[C@@H]2C[C@H](COS(N)(=O)=O)[C@@H](O)[C@H]2O)sc1Cl. The Morgan fingerprint density at radius 3 is 1.67 bits per heavy atom. The van der Waals surface area contributed by atoms with Gasteiger partial charge in [0.15, 0.2) is 0 Å². The molecule has 7 heterocycles. The first-order valence-corrected chi connectivity index (χ1v) is 41.9. The summed E-state index contributed by atoms with van der Waals surface area (Å²) in [6.45, 7) is 2.85. The van der Waals surface area contributed by atoms with E-state index < -0.39 is 96.7 Å². The highest BCUT2D eigenvalue weighted by Gasteiger charge is 2.43. The number of thiophene rings is 3. The second kappa shape index (κ2) is 36.4. The quantitative estimate of drug-likeness (QED) is 0.0187. The van der Waals surface area contributed by atoms with E-state index in [0.717, 1.165) is 27.3 Å². The predicted molar refractivity (Wildman–Crippen MR) is 411 cm³/mol. The lowest BCUT2D eigenvalue weighted by Gasteiger charge is -2.24. The third-order valence-corrected chi connectivity index (χ3v) is 24.2. The van der Waals surface area contributed by atoms with Crippen molar-refractivity contribution < 1.29 is 77.7 Å². The average Bonchev–Trinajstić information content (AvgIpc) is 1.61. The monoisotopic (exact) mass is 1730 g/mol. The number of hydrogen-bond donors (Lipinski definition) is 12. The number of hydrogen-bond acceptors (Lipinski definition) is 31. The lowest BCUT2D eigenvalue weighted by molar-refractivity contribution is -0.00334. The molecule has 12 rings (SSSR count). The molecule has 0 saturated heterocycles. The number of carbonyl (C=O) groups is 3. The molecular weight excluding hydrogens is 1660 g/mol. The van der Waals surface area contributed by atoms with E-state index in [2.05, 4.69) is 74.0 Å². The van der Waals surface area contributed by atoms with E-state index in [0.29, 0.717) is 99.0 Å². The highest BCUT2D eigenvalue weighted by atomic mass is 79.9. The largest absolute Gasteiger partial charge is 0.393 e. The van der Waals surface area contributed by atoms with Gasteiger partial charge in [-0.15, -0.1) is 34.0 Å². The summed E-state index contributed by atoms with van der Waals surface area (Å²) in [6, 6.07) is 23.4. The normalized spacial score (nSPS) is 21.8. The van der Waals surface area contributed by atoms with E-state index in [-0.39, 0.29) is 78.8 Å². The van der Waals surface area contributed by atoms with Crippen LogP contribution in [0.25, 0.3) is 0 Å². The third-order valence-electron chi connectivity index (χ3n) is 18.5. The number of aromatic nitrogens is 7. The molecule has 3 saturated carbocycles. The molecule has 3 aliphatic rings. The fourth-order valence-electron chi connectivity index (χ4n) is 12.8. The molecule has 41 heteroatoms. The molecule has 0 radical (unpaired) electrons. The highest BCUT2D eigenvalue weighted by molar-refractivity contribution is 9.10. The fourth-order valence-corrected chi connectivity index (χ4v) is 17.9. The van der Waals surface area contributed by atoms with Crippen molar-refractivity contribution >= 4 is 145 Å². The summed E-state index contributed by atoms with van der Waals surface area (Å²) in [6.07, 6.45) is 5.00. The Morgan fingerprint density at radius 2 is 1.11 bits per heavy atom. The Hall–Kier alpha value is -6.78. The number of aliphatic hydroxyl groups is 5. The van der Waals surface area contributed by atoms with E-state index in [1.54, 1.807) is 72.8 Å². The third kappa shape index (κ3) is 22.3. The zero-order valence-corrected chi connectivity index (χ0v) is 66.3. The maximum atomic E-state index is 13.4. The molecule has 3 unspecified atom stereocenters. The lowest BCUT2D eigenvalue weighted by atomic mass is 9.87. The van der Waals surface area contributed by atoms with Crippen LogP contribution in [0.3, 0.4) is 0 Å². The molecule has 0 bridgehead atoms. The molecule has 31 nitrogen and oxygen atoms in total. The van der Waals surface area contributed by atoms with Crippen LogP contribution in [0, 0.1) is 30.6 Å². The van der Waals surface area contributed by atoms with Crippen LogP contribution in [0.15, 0.2) is 132 Å². The second-order valence-electron chi connectivity index (χ2n) is 26.2. The standard InChI is InChI=1S/C23H26ClN5O5S2.C23H25ClN4O6S2.C22H23BrClN5O6S2/c1-23(25,14-3-2-4-16(24)6-14)15-7-20(35-11-15)21(31)18-9-27-12-28-22(18)29-17-5-13(19(30)8-17)10-34-36(26,32)33;1-12-17(21(30)13-3-2-4-15(24)5-13)8-20(35-12)22(31)18-9-26-11-27-23(18)28-16-6-14(19(29)7-16)10-34-36(25,32)33;23-17-3-1-2-14(29-17)18(25)12-6-16(36-22(12)24)21(32)13-7-27-9-28-15(13)5-10-4-11(20(31)19(10)30)8-35-37(26,33)34/h2-4,6-7,9,11-13,17,19,30H,5,8,10,25H2,1H3,(H2,26,32,33)(H,27,28,29);2-5,8-9,11,14,16,19,21,29-30H,6-7,10H2,1H3,(H2,25,32,33)(H,26,27,28);1-3,6-7,9-11,18-20,30-31H,4-5,8,25H2,(H2,26,33,34)/t13-,17-,19+,23?;14-,16-,19+,21?;10-,11+,18?,19-,20+/m110/s1. The summed E-state index contributed by atoms with van der Waals surface area (Å²) >= 11 is 25.5. The Morgan fingerprint density at radius 1 is 0.615 bits per heavy atom. The molecule has 0 amide bonds. The molecule has 0 spiro atoms. The van der Waals surface area contributed by atoms with E-state index in [4.69, 9.17) is 61.7 Å². The van der Waals surface area contributed by atoms with Gasteiger partial charge in [-0.05, 0) is 156 Å². The first-order chi connectivity index (χ1) is 51.4. The smallest absolute Gasteiger partial charge is 0.333 e. The summed E-state index contributed by atoms with van der Waals surface area (Å²) in [5, 5.41) is 76.3. The number of aliphatic hydroxyl groups excluding tert-OH is 5. The molecule has 3 aliphatic carbocycles. The zero-order chi connectivity index (χ0) is 79.0. The summed E-state index contributed by atoms with van der Waals surface area (Å²) in [7, 11) is -12.4. The number of anilines is 2. The van der Waals surface area contributed by atoms with Crippen LogP contribution >= 0.6 is 84.7 Å². The van der Waals surface area contributed by atoms with Crippen LogP contribution in [0.2, 0.25) is 14.4 Å². The maximum absolute atomic E-state index is 13.4. The minimum Gasteiger partial charge on any atom is -0.393 e. The Balaban J connectivity index is 0.000000174. The number of pyridine rings is 1. The van der Waals surface area contributed by atoms with Crippen molar-refractivity contribution in [3.05, 3.63) is 222 Å². The number of benzene rings is 2. The van der Waals surface area contributed by atoms with Gasteiger partial charge < -0.3 is 47.6 Å². The van der Waals surface area contributed by atoms with Gasteiger partial charge in [-0.3, -0.25) is 26.9 Å². The van der Waals surface area contributed by atoms with E-state index in [9.17, 15) is 65.2 Å². The summed E-state index contributed by atoms with van der Waals surface area (Å²) in [5.41, 5.74) is 17.1. The van der Waals surface area contributed by atoms with Crippen LogP contribution in [-0.4, -0.2) is 159 Å². The first-order valence-electron chi connectivity index (χ1n) is 33.0. The van der Waals surface area contributed by atoms with Crippen molar-refractivity contribution in [3.8, 4) is 0 Å². The van der Waals surface area contributed by atoms with Gasteiger partial charge in [0, 0.05) is 68.9 Å². The molecule has 582 valence electrons. The van der Waals surface area contributed by atoms with Crippen LogP contribution in [0.1, 0.15) is 141 Å². The van der Waals surface area contributed by atoms with E-state index in [1.807, 2.05) is 31.4 Å². The van der Waals surface area contributed by atoms with Gasteiger partial charge >= 0.3 is 30.9 Å². The minimum absolute atomic E-state index is 0.140. The average molecular weight is 1740 g/mol. The number of carbonyl (C=O) groups excluding carboxylic acids is 3. The van der Waals surface area contributed by atoms with Gasteiger partial charge in [0.05, 0.1) is 103 Å². The number of nitrogens with one attached hydrogen (secondary N) is 2. The molecule has 2 aromatic carbocycles. The van der Waals surface area contributed by atoms with Crippen LogP contribution < -0.4 is 37.5 Å². The van der Waals surface area contributed by atoms with E-state index in [1.165, 1.54) is 60.2 Å². The zero-order valence-electron chi connectivity index (χ0n) is 57.5. The highest BCUT2D eigenvalue weighted by Crippen LogP contribution is 2.41. The molecule has 0 aliphatic heterocycles. The molecule has 17 N–H and O–H groups in total. The van der Waals surface area contributed by atoms with Crippen LogP contribution in [0.4, 0.5) is 11.6 Å². The number of nitrogens with zero attached hydrogens (tertiary/aromatic N) is 7. The van der Waals surface area contributed by atoms with Crippen molar-refractivity contribution in [2.75, 3.05) is 30.5 Å². The summed E-state index contributed by atoms with van der Waals surface area (Å²) in [5.74, 6) is -2.40. The lowest BCUT2D eigenvalue weighted by Crippen LogP contribution is -2.33. The Bertz CT molecular complexity index is 5130. The molecular formula is C68H74BrCl3N14O17S6. The summed E-state index contributed by atoms with van der Waals surface area (Å²) < 4.78 is 81.3. The van der Waals surface area contributed by atoms with Gasteiger partial charge in [-0.2, -0.15) is 25.3 Å². The molecule has 7 aromatic heterocycles. The summed E-state index contributed by atoms with van der Waals surface area (Å²) in [4.78, 5) is 71.2. The van der Waals surface area contributed by atoms with Gasteiger partial charge in [-0.1, -0.05) is 65.1 Å². The van der Waals surface area contributed by atoms with Gasteiger partial charge in [0.25, 0.3) is 0 Å². The fraction of sp³-hybridized carbons (Fsp3) is 0.353. The van der Waals surface area contributed by atoms with Crippen molar-refractivity contribution in [2.24, 2.45) is 50.6 Å². The maximum Gasteiger partial charge on any atom is 0.333 e.